The van der Waals surface area contributed by atoms with E-state index in [1.54, 1.807) is 13.8 Å². The Kier molecular flexibility index (Phi) is 18.2. The number of hydrogen-bond acceptors (Lipinski definition) is 12. The highest BCUT2D eigenvalue weighted by atomic mass is 35.5. The number of halogens is 2. The summed E-state index contributed by atoms with van der Waals surface area (Å²) in [5.41, 5.74) is 1.08. The molecule has 14 heteroatoms. The average molecular weight is 790 g/mol. The van der Waals surface area contributed by atoms with Crippen molar-refractivity contribution in [3.05, 3.63) is 81.9 Å². The third-order valence-corrected chi connectivity index (χ3v) is 8.95. The molecule has 0 unspecified atom stereocenters. The molecule has 0 aliphatic heterocycles. The third-order valence-electron chi connectivity index (χ3n) is 8.36. The van der Waals surface area contributed by atoms with Crippen LogP contribution in [0.15, 0.2) is 60.7 Å². The molecule has 2 aromatic carbocycles. The fraction of sp³-hybridized carbons (Fsp3) is 0.450. The number of unbranched alkanes of at least 4 members (excludes halogenated alkanes) is 4. The first-order valence-electron chi connectivity index (χ1n) is 17.8. The van der Waals surface area contributed by atoms with E-state index in [2.05, 4.69) is 13.2 Å². The molecule has 0 atom stereocenters. The maximum Gasteiger partial charge on any atom is 0.338 e. The van der Waals surface area contributed by atoms with E-state index in [1.165, 1.54) is 36.4 Å². The van der Waals surface area contributed by atoms with Crippen LogP contribution in [0.2, 0.25) is 10.0 Å². The standard InChI is InChI=1S/C40H46Cl2O12/c1-25(2)35(43)49-19-7-5-9-21-51-37(45)29-15-17-33(31(41)23-29)53-39(47)27-11-13-28(14-12-27)40(48)54-34-18-16-30(24-32(34)42)38(46)52-22-10-6-8-20-50-36(44)26(3)4/h15-18,23-24,27-28H,1,3,5-14,19-22H2,2,4H3. The highest BCUT2D eigenvalue weighted by molar-refractivity contribution is 6.33. The summed E-state index contributed by atoms with van der Waals surface area (Å²) in [5.74, 6) is -3.74. The Morgan fingerprint density at radius 1 is 0.556 bits per heavy atom. The van der Waals surface area contributed by atoms with E-state index in [-0.39, 0.29) is 59.1 Å². The Balaban J connectivity index is 1.35. The molecule has 0 radical (unpaired) electrons. The number of rotatable bonds is 20. The van der Waals surface area contributed by atoms with Crippen molar-refractivity contribution in [2.75, 3.05) is 26.4 Å². The van der Waals surface area contributed by atoms with Crippen molar-refractivity contribution in [2.24, 2.45) is 11.8 Å². The second-order valence-corrected chi connectivity index (χ2v) is 13.7. The van der Waals surface area contributed by atoms with Crippen LogP contribution < -0.4 is 9.47 Å². The maximum atomic E-state index is 12.9. The van der Waals surface area contributed by atoms with E-state index < -0.39 is 47.7 Å². The summed E-state index contributed by atoms with van der Waals surface area (Å²) < 4.78 is 31.7. The Morgan fingerprint density at radius 3 is 1.20 bits per heavy atom. The van der Waals surface area contributed by atoms with Gasteiger partial charge in [0.15, 0.2) is 0 Å². The number of benzene rings is 2. The second kappa shape index (κ2) is 22.5. The molecule has 0 bridgehead atoms. The van der Waals surface area contributed by atoms with Gasteiger partial charge in [-0.1, -0.05) is 36.4 Å². The maximum absolute atomic E-state index is 12.9. The van der Waals surface area contributed by atoms with Crippen molar-refractivity contribution >= 4 is 59.0 Å². The molecule has 1 aliphatic carbocycles. The van der Waals surface area contributed by atoms with Gasteiger partial charge in [-0.15, -0.1) is 0 Å². The molecule has 0 aromatic heterocycles. The number of carbonyl (C=O) groups is 6. The molecule has 0 heterocycles. The van der Waals surface area contributed by atoms with Gasteiger partial charge in [0.2, 0.25) is 0 Å². The van der Waals surface area contributed by atoms with E-state index in [4.69, 9.17) is 51.6 Å². The van der Waals surface area contributed by atoms with Crippen LogP contribution in [0.3, 0.4) is 0 Å². The molecule has 0 saturated heterocycles. The summed E-state index contributed by atoms with van der Waals surface area (Å²) in [4.78, 5) is 73.5. The number of ether oxygens (including phenoxy) is 6. The molecule has 2 aromatic rings. The lowest BCUT2D eigenvalue weighted by Gasteiger charge is -2.26. The van der Waals surface area contributed by atoms with Gasteiger partial charge >= 0.3 is 35.8 Å². The van der Waals surface area contributed by atoms with Crippen LogP contribution in [-0.4, -0.2) is 62.2 Å². The Hall–Kier alpha value is -4.68. The van der Waals surface area contributed by atoms with Gasteiger partial charge in [0.1, 0.15) is 11.5 Å². The fourth-order valence-corrected chi connectivity index (χ4v) is 5.64. The topological polar surface area (TPSA) is 158 Å². The van der Waals surface area contributed by atoms with Crippen LogP contribution in [0.25, 0.3) is 0 Å². The molecule has 1 aliphatic rings. The number of hydrogen-bond donors (Lipinski definition) is 0. The van der Waals surface area contributed by atoms with E-state index in [0.29, 0.717) is 75.4 Å². The molecular formula is C40H46Cl2O12. The Morgan fingerprint density at radius 2 is 0.889 bits per heavy atom. The van der Waals surface area contributed by atoms with Gasteiger partial charge < -0.3 is 28.4 Å². The van der Waals surface area contributed by atoms with Crippen molar-refractivity contribution in [1.29, 1.82) is 0 Å². The van der Waals surface area contributed by atoms with Gasteiger partial charge in [0.05, 0.1) is 59.4 Å². The lowest BCUT2D eigenvalue weighted by atomic mass is 9.82. The van der Waals surface area contributed by atoms with E-state index >= 15 is 0 Å². The van der Waals surface area contributed by atoms with Gasteiger partial charge in [-0.2, -0.15) is 0 Å². The Labute approximate surface area is 325 Å². The SMILES string of the molecule is C=C(C)C(=O)OCCCCCOC(=O)c1ccc(OC(=O)C2CCC(C(=O)Oc3ccc(C(=O)OCCCCCOC(=O)C(=C)C)cc3Cl)CC2)c(Cl)c1. The largest absolute Gasteiger partial charge is 0.462 e. The van der Waals surface area contributed by atoms with Gasteiger partial charge in [0.25, 0.3) is 0 Å². The fourth-order valence-electron chi connectivity index (χ4n) is 5.20. The van der Waals surface area contributed by atoms with Gasteiger partial charge in [-0.25, -0.2) is 19.2 Å². The summed E-state index contributed by atoms with van der Waals surface area (Å²) in [5, 5.41) is 0.141. The zero-order valence-electron chi connectivity index (χ0n) is 30.6. The molecule has 0 spiro atoms. The van der Waals surface area contributed by atoms with Crippen LogP contribution >= 0.6 is 23.2 Å². The van der Waals surface area contributed by atoms with Crippen LogP contribution in [-0.2, 0) is 38.1 Å². The van der Waals surface area contributed by atoms with Crippen molar-refractivity contribution in [3.63, 3.8) is 0 Å². The van der Waals surface area contributed by atoms with Crippen molar-refractivity contribution in [2.45, 2.75) is 78.1 Å². The van der Waals surface area contributed by atoms with Crippen LogP contribution in [0.1, 0.15) is 98.8 Å². The van der Waals surface area contributed by atoms with E-state index in [0.717, 1.165) is 0 Å². The smallest absolute Gasteiger partial charge is 0.338 e. The first-order valence-corrected chi connectivity index (χ1v) is 18.5. The molecule has 12 nitrogen and oxygen atoms in total. The second-order valence-electron chi connectivity index (χ2n) is 12.9. The summed E-state index contributed by atoms with van der Waals surface area (Å²) in [6.07, 6.45) is 5.35. The van der Waals surface area contributed by atoms with E-state index in [1.807, 2.05) is 0 Å². The summed E-state index contributed by atoms with van der Waals surface area (Å²) in [7, 11) is 0. The highest BCUT2D eigenvalue weighted by Crippen LogP contribution is 2.34. The first-order chi connectivity index (χ1) is 25.8. The number of esters is 6. The molecule has 1 saturated carbocycles. The summed E-state index contributed by atoms with van der Waals surface area (Å²) in [6.45, 7) is 11.1. The molecule has 292 valence electrons. The molecule has 54 heavy (non-hydrogen) atoms. The Bertz CT molecular complexity index is 1570. The van der Waals surface area contributed by atoms with Gasteiger partial charge in [-0.3, -0.25) is 9.59 Å². The normalized spacial score (nSPS) is 15.0. The zero-order chi connectivity index (χ0) is 39.6. The minimum atomic E-state index is -0.575. The van der Waals surface area contributed by atoms with Gasteiger partial charge in [0, 0.05) is 11.1 Å². The predicted octanol–water partition coefficient (Wildman–Crippen LogP) is 8.20. The summed E-state index contributed by atoms with van der Waals surface area (Å²) in [6, 6.07) is 8.51. The molecular weight excluding hydrogens is 743 g/mol. The van der Waals surface area contributed by atoms with Gasteiger partial charge in [-0.05, 0) is 114 Å². The van der Waals surface area contributed by atoms with Crippen LogP contribution in [0, 0.1) is 11.8 Å². The molecule has 0 amide bonds. The lowest BCUT2D eigenvalue weighted by Crippen LogP contribution is -2.30. The predicted molar refractivity (Wildman–Crippen MR) is 199 cm³/mol. The minimum absolute atomic E-state index is 0.0706. The van der Waals surface area contributed by atoms with Crippen molar-refractivity contribution < 1.29 is 57.2 Å². The lowest BCUT2D eigenvalue weighted by molar-refractivity contribution is -0.145. The average Bonchev–Trinajstić information content (AvgIpc) is 3.14. The van der Waals surface area contributed by atoms with Crippen molar-refractivity contribution in [1.82, 2.24) is 0 Å². The molecule has 1 fully saturated rings. The number of carbonyl (C=O) groups excluding carboxylic acids is 6. The van der Waals surface area contributed by atoms with Crippen LogP contribution in [0.5, 0.6) is 11.5 Å². The zero-order valence-corrected chi connectivity index (χ0v) is 32.1. The first kappa shape index (κ1) is 43.7. The highest BCUT2D eigenvalue weighted by Gasteiger charge is 2.33. The minimum Gasteiger partial charge on any atom is -0.462 e. The van der Waals surface area contributed by atoms with Crippen molar-refractivity contribution in [3.8, 4) is 11.5 Å². The quantitative estimate of drug-likeness (QED) is 0.0417. The molecule has 3 rings (SSSR count). The third kappa shape index (κ3) is 14.6. The monoisotopic (exact) mass is 788 g/mol. The summed E-state index contributed by atoms with van der Waals surface area (Å²) >= 11 is 12.6. The molecule has 0 N–H and O–H groups in total. The van der Waals surface area contributed by atoms with Crippen LogP contribution in [0.4, 0.5) is 0 Å². The van der Waals surface area contributed by atoms with E-state index in [9.17, 15) is 28.8 Å².